The highest BCUT2D eigenvalue weighted by Crippen LogP contribution is 2.44. The highest BCUT2D eigenvalue weighted by Gasteiger charge is 2.27. The molecule has 1 aliphatic heterocycles. The number of carbonyl (C=O) groups excluding carboxylic acids is 1. The van der Waals surface area contributed by atoms with Gasteiger partial charge in [0.2, 0.25) is 5.75 Å². The zero-order valence-electron chi connectivity index (χ0n) is 13.1. The molecule has 0 aliphatic carbocycles. The molecule has 0 aromatic heterocycles. The van der Waals surface area contributed by atoms with Crippen molar-refractivity contribution in [2.24, 2.45) is 0 Å². The summed E-state index contributed by atoms with van der Waals surface area (Å²) in [5.41, 5.74) is 1.58. The van der Waals surface area contributed by atoms with Crippen LogP contribution < -0.4 is 19.5 Å². The molecular weight excluding hydrogens is 314 g/mol. The Morgan fingerprint density at radius 2 is 1.65 bits per heavy atom. The summed E-state index contributed by atoms with van der Waals surface area (Å²) in [6, 6.07) is 11.3. The molecule has 1 N–H and O–H groups in total. The van der Waals surface area contributed by atoms with E-state index in [9.17, 15) is 4.79 Å². The first kappa shape index (κ1) is 15.6. The number of carbonyl (C=O) groups is 1. The maximum Gasteiger partial charge on any atom is 0.253 e. The molecule has 1 amide bonds. The molecule has 1 aliphatic rings. The molecule has 0 bridgehead atoms. The molecule has 0 spiro atoms. The number of methoxy groups -OCH3 is 3. The Hall–Kier alpha value is -2.34. The first-order valence-electron chi connectivity index (χ1n) is 7.04. The summed E-state index contributed by atoms with van der Waals surface area (Å²) in [6.45, 7) is 0. The molecule has 1 heterocycles. The highest BCUT2D eigenvalue weighted by molar-refractivity contribution is 7.99. The van der Waals surface area contributed by atoms with Crippen molar-refractivity contribution in [1.82, 2.24) is 5.32 Å². The van der Waals surface area contributed by atoms with Gasteiger partial charge >= 0.3 is 0 Å². The quantitative estimate of drug-likeness (QED) is 0.932. The van der Waals surface area contributed by atoms with Crippen molar-refractivity contribution in [2.45, 2.75) is 10.3 Å². The summed E-state index contributed by atoms with van der Waals surface area (Å²) in [7, 11) is 4.71. The van der Waals surface area contributed by atoms with E-state index in [4.69, 9.17) is 14.2 Å². The summed E-state index contributed by atoms with van der Waals surface area (Å²) in [5.74, 6) is 1.58. The average molecular weight is 331 g/mol. The van der Waals surface area contributed by atoms with E-state index in [1.54, 1.807) is 33.1 Å². The molecule has 2 aromatic rings. The number of ether oxygens (including phenoxy) is 3. The molecule has 5 nitrogen and oxygen atoms in total. The van der Waals surface area contributed by atoms with E-state index in [2.05, 4.69) is 5.32 Å². The molecule has 2 aromatic carbocycles. The average Bonchev–Trinajstić information content (AvgIpc) is 2.60. The fourth-order valence-electron chi connectivity index (χ4n) is 2.51. The van der Waals surface area contributed by atoms with E-state index >= 15 is 0 Å². The minimum Gasteiger partial charge on any atom is -0.493 e. The standard InChI is InChI=1S/C17H17NO4S/c1-20-12-8-10(9-13(21-2)15(12)22-3)17-18-16(19)11-6-4-5-7-14(11)23-17/h4-9,17H,1-3H3,(H,18,19). The zero-order chi connectivity index (χ0) is 16.4. The van der Waals surface area contributed by atoms with E-state index in [1.165, 1.54) is 0 Å². The van der Waals surface area contributed by atoms with Gasteiger partial charge in [-0.3, -0.25) is 4.79 Å². The topological polar surface area (TPSA) is 56.8 Å². The van der Waals surface area contributed by atoms with Crippen molar-refractivity contribution in [2.75, 3.05) is 21.3 Å². The lowest BCUT2D eigenvalue weighted by Crippen LogP contribution is -2.30. The van der Waals surface area contributed by atoms with Gasteiger partial charge in [-0.1, -0.05) is 23.9 Å². The molecule has 0 radical (unpaired) electrons. The number of rotatable bonds is 4. The fourth-order valence-corrected chi connectivity index (χ4v) is 3.65. The minimum atomic E-state index is -0.217. The van der Waals surface area contributed by atoms with Gasteiger partial charge in [0.15, 0.2) is 11.5 Å². The van der Waals surface area contributed by atoms with Crippen LogP contribution in [-0.4, -0.2) is 27.2 Å². The Kier molecular flexibility index (Phi) is 4.34. The SMILES string of the molecule is COc1cc(C2NC(=O)c3ccccc3S2)cc(OC)c1OC. The summed E-state index contributed by atoms with van der Waals surface area (Å²) < 4.78 is 16.1. The third-order valence-corrected chi connectivity index (χ3v) is 4.86. The molecule has 23 heavy (non-hydrogen) atoms. The number of hydrogen-bond donors (Lipinski definition) is 1. The highest BCUT2D eigenvalue weighted by atomic mass is 32.2. The second kappa shape index (κ2) is 6.42. The van der Waals surface area contributed by atoms with E-state index in [-0.39, 0.29) is 11.3 Å². The van der Waals surface area contributed by atoms with E-state index in [0.29, 0.717) is 22.8 Å². The number of hydrogen-bond acceptors (Lipinski definition) is 5. The second-order valence-corrected chi connectivity index (χ2v) is 6.07. The van der Waals surface area contributed by atoms with Crippen LogP contribution in [0.15, 0.2) is 41.3 Å². The van der Waals surface area contributed by atoms with E-state index in [1.807, 2.05) is 36.4 Å². The van der Waals surface area contributed by atoms with Gasteiger partial charge < -0.3 is 19.5 Å². The maximum atomic E-state index is 12.3. The number of fused-ring (bicyclic) bond motifs is 1. The van der Waals surface area contributed by atoms with Crippen molar-refractivity contribution in [1.29, 1.82) is 0 Å². The van der Waals surface area contributed by atoms with Gasteiger partial charge in [0.25, 0.3) is 5.91 Å². The van der Waals surface area contributed by atoms with Gasteiger partial charge in [0, 0.05) is 4.90 Å². The van der Waals surface area contributed by atoms with Gasteiger partial charge in [0.1, 0.15) is 5.37 Å². The van der Waals surface area contributed by atoms with E-state index < -0.39 is 0 Å². The first-order chi connectivity index (χ1) is 11.2. The van der Waals surface area contributed by atoms with Crippen molar-refractivity contribution < 1.29 is 19.0 Å². The predicted molar refractivity (Wildman–Crippen MR) is 88.6 cm³/mol. The summed E-state index contributed by atoms with van der Waals surface area (Å²) in [4.78, 5) is 13.2. The Labute approximate surface area is 138 Å². The van der Waals surface area contributed by atoms with Crippen molar-refractivity contribution >= 4 is 17.7 Å². The van der Waals surface area contributed by atoms with Crippen molar-refractivity contribution in [3.05, 3.63) is 47.5 Å². The maximum absolute atomic E-state index is 12.3. The van der Waals surface area contributed by atoms with Crippen LogP contribution in [0.25, 0.3) is 0 Å². The molecule has 0 saturated heterocycles. The summed E-state index contributed by atoms with van der Waals surface area (Å²) in [6.07, 6.45) is 0. The van der Waals surface area contributed by atoms with Crippen LogP contribution in [-0.2, 0) is 0 Å². The largest absolute Gasteiger partial charge is 0.493 e. The monoisotopic (exact) mass is 331 g/mol. The molecular formula is C17H17NO4S. The predicted octanol–water partition coefficient (Wildman–Crippen LogP) is 3.25. The van der Waals surface area contributed by atoms with Gasteiger partial charge in [-0.15, -0.1) is 0 Å². The van der Waals surface area contributed by atoms with Crippen LogP contribution in [0.3, 0.4) is 0 Å². The molecule has 1 unspecified atom stereocenters. The molecule has 6 heteroatoms. The van der Waals surface area contributed by atoms with E-state index in [0.717, 1.165) is 10.5 Å². The summed E-state index contributed by atoms with van der Waals surface area (Å²) in [5, 5.41) is 2.78. The van der Waals surface area contributed by atoms with Crippen molar-refractivity contribution in [3.63, 3.8) is 0 Å². The Bertz CT molecular complexity index is 722. The lowest BCUT2D eigenvalue weighted by Gasteiger charge is -2.26. The third kappa shape index (κ3) is 2.82. The molecule has 0 saturated carbocycles. The van der Waals surface area contributed by atoms with Gasteiger partial charge in [-0.25, -0.2) is 0 Å². The van der Waals surface area contributed by atoms with Gasteiger partial charge in [-0.05, 0) is 29.8 Å². The second-order valence-electron chi connectivity index (χ2n) is 4.93. The van der Waals surface area contributed by atoms with Gasteiger partial charge in [-0.2, -0.15) is 0 Å². The first-order valence-corrected chi connectivity index (χ1v) is 7.92. The molecule has 0 fully saturated rings. The lowest BCUT2D eigenvalue weighted by atomic mass is 10.1. The van der Waals surface area contributed by atoms with Crippen LogP contribution in [0.1, 0.15) is 21.3 Å². The minimum absolute atomic E-state index is 0.0851. The lowest BCUT2D eigenvalue weighted by molar-refractivity contribution is 0.0943. The number of amides is 1. The number of benzene rings is 2. The fraction of sp³-hybridized carbons (Fsp3) is 0.235. The molecule has 120 valence electrons. The molecule has 3 rings (SSSR count). The third-order valence-electron chi connectivity index (χ3n) is 3.63. The van der Waals surface area contributed by atoms with Crippen LogP contribution in [0.5, 0.6) is 17.2 Å². The van der Waals surface area contributed by atoms with Crippen LogP contribution in [0.2, 0.25) is 0 Å². The van der Waals surface area contributed by atoms with Gasteiger partial charge in [0.05, 0.1) is 26.9 Å². The van der Waals surface area contributed by atoms with Crippen LogP contribution in [0, 0.1) is 0 Å². The summed E-state index contributed by atoms with van der Waals surface area (Å²) >= 11 is 1.58. The Balaban J connectivity index is 2.01. The Morgan fingerprint density at radius 3 is 2.26 bits per heavy atom. The smallest absolute Gasteiger partial charge is 0.253 e. The number of nitrogens with one attached hydrogen (secondary N) is 1. The number of thioether (sulfide) groups is 1. The normalized spacial score (nSPS) is 16.3. The Morgan fingerprint density at radius 1 is 1.00 bits per heavy atom. The van der Waals surface area contributed by atoms with Crippen LogP contribution in [0.4, 0.5) is 0 Å². The molecule has 1 atom stereocenters. The van der Waals surface area contributed by atoms with Crippen LogP contribution >= 0.6 is 11.8 Å². The zero-order valence-corrected chi connectivity index (χ0v) is 13.9. The van der Waals surface area contributed by atoms with Crippen molar-refractivity contribution in [3.8, 4) is 17.2 Å².